The summed E-state index contributed by atoms with van der Waals surface area (Å²) in [5.74, 6) is 2.21. The van der Waals surface area contributed by atoms with Gasteiger partial charge in [-0.15, -0.1) is 0 Å². The fourth-order valence-corrected chi connectivity index (χ4v) is 2.44. The highest BCUT2D eigenvalue weighted by Gasteiger charge is 2.07. The molecule has 2 N–H and O–H groups in total. The number of para-hydroxylation sites is 2. The van der Waals surface area contributed by atoms with E-state index >= 15 is 0 Å². The maximum Gasteiger partial charge on any atom is 0.258 e. The number of rotatable bonds is 9. The highest BCUT2D eigenvalue weighted by molar-refractivity contribution is 5.77. The third kappa shape index (κ3) is 5.19. The van der Waals surface area contributed by atoms with E-state index in [0.717, 1.165) is 5.69 Å². The molecule has 2 aromatic heterocycles. The normalized spacial score (nSPS) is 10.4. The summed E-state index contributed by atoms with van der Waals surface area (Å²) < 4.78 is 12.3. The molecule has 1 amide bonds. The van der Waals surface area contributed by atoms with Crippen LogP contribution < -0.4 is 20.1 Å². The Kier molecular flexibility index (Phi) is 6.40. The van der Waals surface area contributed by atoms with Gasteiger partial charge in [0.1, 0.15) is 12.1 Å². The molecule has 0 bridgehead atoms. The molecule has 9 heteroatoms. The molecule has 1 aromatic carbocycles. The van der Waals surface area contributed by atoms with E-state index in [1.54, 1.807) is 30.0 Å². The molecule has 0 aliphatic heterocycles. The van der Waals surface area contributed by atoms with E-state index in [0.29, 0.717) is 36.2 Å². The largest absolute Gasteiger partial charge is 0.493 e. The molecule has 0 saturated heterocycles. The van der Waals surface area contributed by atoms with E-state index in [-0.39, 0.29) is 12.5 Å². The fourth-order valence-electron chi connectivity index (χ4n) is 2.44. The maximum absolute atomic E-state index is 11.9. The Hall–Kier alpha value is -3.62. The molecule has 0 spiro atoms. The number of carbonyl (C=O) groups is 1. The Labute approximate surface area is 162 Å². The van der Waals surface area contributed by atoms with Gasteiger partial charge in [-0.2, -0.15) is 5.10 Å². The lowest BCUT2D eigenvalue weighted by molar-refractivity contribution is -0.123. The van der Waals surface area contributed by atoms with Crippen molar-refractivity contribution in [1.29, 1.82) is 0 Å². The second-order valence-electron chi connectivity index (χ2n) is 5.88. The van der Waals surface area contributed by atoms with E-state index in [2.05, 4.69) is 25.7 Å². The van der Waals surface area contributed by atoms with Crippen LogP contribution >= 0.6 is 0 Å². The zero-order valence-corrected chi connectivity index (χ0v) is 15.8. The lowest BCUT2D eigenvalue weighted by atomic mass is 10.3. The molecule has 0 aliphatic carbocycles. The van der Waals surface area contributed by atoms with E-state index in [9.17, 15) is 4.79 Å². The average molecular weight is 382 g/mol. The van der Waals surface area contributed by atoms with Crippen molar-refractivity contribution >= 4 is 11.7 Å². The predicted molar refractivity (Wildman–Crippen MR) is 104 cm³/mol. The summed E-state index contributed by atoms with van der Waals surface area (Å²) in [4.78, 5) is 20.3. The first kappa shape index (κ1) is 19.2. The predicted octanol–water partition coefficient (Wildman–Crippen LogP) is 1.59. The molecule has 28 heavy (non-hydrogen) atoms. The Bertz CT molecular complexity index is 927. The number of methoxy groups -OCH3 is 1. The minimum Gasteiger partial charge on any atom is -0.493 e. The molecule has 0 radical (unpaired) electrons. The number of hydrogen-bond donors (Lipinski definition) is 2. The highest BCUT2D eigenvalue weighted by atomic mass is 16.5. The summed E-state index contributed by atoms with van der Waals surface area (Å²) in [5.41, 5.74) is 0.908. The van der Waals surface area contributed by atoms with Crippen LogP contribution in [0.4, 0.5) is 5.82 Å². The number of carbonyl (C=O) groups excluding carboxylic acids is 1. The molecule has 3 aromatic rings. The molecule has 0 unspecified atom stereocenters. The monoisotopic (exact) mass is 382 g/mol. The SMILES string of the molecule is COc1ccccc1OCC(=O)NCCNc1cc(-n2ccc(C)n2)ncn1. The quantitative estimate of drug-likeness (QED) is 0.542. The van der Waals surface area contributed by atoms with Crippen LogP contribution in [0.1, 0.15) is 5.69 Å². The van der Waals surface area contributed by atoms with Gasteiger partial charge in [-0.25, -0.2) is 14.6 Å². The van der Waals surface area contributed by atoms with Gasteiger partial charge in [0.15, 0.2) is 23.9 Å². The summed E-state index contributed by atoms with van der Waals surface area (Å²) in [6.07, 6.45) is 3.30. The summed E-state index contributed by atoms with van der Waals surface area (Å²) in [6.45, 7) is 2.76. The second-order valence-corrected chi connectivity index (χ2v) is 5.88. The van der Waals surface area contributed by atoms with Crippen molar-refractivity contribution in [3.63, 3.8) is 0 Å². The topological polar surface area (TPSA) is 103 Å². The number of hydrogen-bond acceptors (Lipinski definition) is 7. The average Bonchev–Trinajstić information content (AvgIpc) is 3.16. The molecule has 3 rings (SSSR count). The molecule has 0 atom stereocenters. The highest BCUT2D eigenvalue weighted by Crippen LogP contribution is 2.25. The van der Waals surface area contributed by atoms with Crippen molar-refractivity contribution in [2.75, 3.05) is 32.1 Å². The van der Waals surface area contributed by atoms with Gasteiger partial charge in [-0.1, -0.05) is 12.1 Å². The summed E-state index contributed by atoms with van der Waals surface area (Å²) in [7, 11) is 1.56. The van der Waals surface area contributed by atoms with Gasteiger partial charge in [0.2, 0.25) is 0 Å². The number of anilines is 1. The van der Waals surface area contributed by atoms with Crippen molar-refractivity contribution in [2.45, 2.75) is 6.92 Å². The summed E-state index contributed by atoms with van der Waals surface area (Å²) >= 11 is 0. The lowest BCUT2D eigenvalue weighted by Crippen LogP contribution is -2.32. The number of aromatic nitrogens is 4. The van der Waals surface area contributed by atoms with Gasteiger partial charge in [0.25, 0.3) is 5.91 Å². The Morgan fingerprint density at radius 3 is 2.71 bits per heavy atom. The standard InChI is InChI=1S/C19H22N6O3/c1-14-7-10-25(24-14)18-11-17(22-13-23-18)20-8-9-21-19(26)12-28-16-6-4-3-5-15(16)27-2/h3-7,10-11,13H,8-9,12H2,1-2H3,(H,21,26)(H,20,22,23). The number of amides is 1. The number of nitrogens with one attached hydrogen (secondary N) is 2. The molecule has 9 nitrogen and oxygen atoms in total. The van der Waals surface area contributed by atoms with Crippen molar-refractivity contribution in [3.05, 3.63) is 54.6 Å². The van der Waals surface area contributed by atoms with Crippen molar-refractivity contribution in [2.24, 2.45) is 0 Å². The third-order valence-electron chi connectivity index (χ3n) is 3.79. The third-order valence-corrected chi connectivity index (χ3v) is 3.79. The number of ether oxygens (including phenoxy) is 2. The van der Waals surface area contributed by atoms with Crippen LogP contribution in [0.15, 0.2) is 48.9 Å². The smallest absolute Gasteiger partial charge is 0.258 e. The van der Waals surface area contributed by atoms with Crippen molar-refractivity contribution < 1.29 is 14.3 Å². The zero-order chi connectivity index (χ0) is 19.8. The van der Waals surface area contributed by atoms with Crippen LogP contribution in [0.3, 0.4) is 0 Å². The van der Waals surface area contributed by atoms with Crippen molar-refractivity contribution in [1.82, 2.24) is 25.1 Å². The first-order valence-electron chi connectivity index (χ1n) is 8.77. The Morgan fingerprint density at radius 2 is 1.96 bits per heavy atom. The number of nitrogens with zero attached hydrogens (tertiary/aromatic N) is 4. The Balaban J connectivity index is 1.41. The lowest BCUT2D eigenvalue weighted by Gasteiger charge is -2.11. The molecule has 2 heterocycles. The minimum atomic E-state index is -0.219. The van der Waals surface area contributed by atoms with Crippen LogP contribution in [-0.2, 0) is 4.79 Å². The van der Waals surface area contributed by atoms with E-state index in [1.807, 2.05) is 31.3 Å². The molecular formula is C19H22N6O3. The molecule has 0 aliphatic rings. The van der Waals surface area contributed by atoms with E-state index < -0.39 is 0 Å². The van der Waals surface area contributed by atoms with Gasteiger partial charge >= 0.3 is 0 Å². The van der Waals surface area contributed by atoms with Crippen LogP contribution in [0.5, 0.6) is 11.5 Å². The first-order valence-corrected chi connectivity index (χ1v) is 8.77. The van der Waals surface area contributed by atoms with Gasteiger partial charge in [-0.05, 0) is 25.1 Å². The summed E-state index contributed by atoms with van der Waals surface area (Å²) in [5, 5.41) is 10.2. The number of benzene rings is 1. The van der Waals surface area contributed by atoms with E-state index in [4.69, 9.17) is 9.47 Å². The van der Waals surface area contributed by atoms with Crippen LogP contribution in [0.25, 0.3) is 5.82 Å². The molecule has 146 valence electrons. The zero-order valence-electron chi connectivity index (χ0n) is 15.8. The first-order chi connectivity index (χ1) is 13.7. The molecule has 0 fully saturated rings. The maximum atomic E-state index is 11.9. The Morgan fingerprint density at radius 1 is 1.14 bits per heavy atom. The van der Waals surface area contributed by atoms with Gasteiger partial charge in [0.05, 0.1) is 12.8 Å². The van der Waals surface area contributed by atoms with Crippen molar-refractivity contribution in [3.8, 4) is 17.3 Å². The number of aryl methyl sites for hydroxylation is 1. The van der Waals surface area contributed by atoms with Crippen LogP contribution in [0.2, 0.25) is 0 Å². The van der Waals surface area contributed by atoms with Gasteiger partial charge in [-0.3, -0.25) is 4.79 Å². The van der Waals surface area contributed by atoms with Crippen LogP contribution in [0, 0.1) is 6.92 Å². The molecule has 0 saturated carbocycles. The summed E-state index contributed by atoms with van der Waals surface area (Å²) in [6, 6.07) is 10.9. The van der Waals surface area contributed by atoms with E-state index in [1.165, 1.54) is 6.33 Å². The minimum absolute atomic E-state index is 0.0866. The fraction of sp³-hybridized carbons (Fsp3) is 0.263. The second kappa shape index (κ2) is 9.36. The van der Waals surface area contributed by atoms with Gasteiger partial charge < -0.3 is 20.1 Å². The van der Waals surface area contributed by atoms with Gasteiger partial charge in [0, 0.05) is 25.4 Å². The molecular weight excluding hydrogens is 360 g/mol. The van der Waals surface area contributed by atoms with Crippen LogP contribution in [-0.4, -0.2) is 52.5 Å².